The Bertz CT molecular complexity index is 762. The summed E-state index contributed by atoms with van der Waals surface area (Å²) < 4.78 is 6.24. The van der Waals surface area contributed by atoms with Crippen LogP contribution in [0.4, 0.5) is 5.69 Å². The van der Waals surface area contributed by atoms with Crippen LogP contribution in [0.25, 0.3) is 0 Å². The molecule has 0 spiro atoms. The van der Waals surface area contributed by atoms with Crippen molar-refractivity contribution in [3.05, 3.63) is 58.6 Å². The average molecular weight is 390 g/mol. The van der Waals surface area contributed by atoms with Crippen molar-refractivity contribution in [3.63, 3.8) is 0 Å². The van der Waals surface area contributed by atoms with Crippen molar-refractivity contribution in [2.45, 2.75) is 6.92 Å². The molecule has 0 unspecified atom stereocenters. The fraction of sp³-hybridized carbons (Fsp3) is 0.118. The van der Waals surface area contributed by atoms with Crippen LogP contribution in [0.2, 0.25) is 0 Å². The van der Waals surface area contributed by atoms with E-state index in [1.54, 1.807) is 30.3 Å². The van der Waals surface area contributed by atoms with Gasteiger partial charge in [-0.3, -0.25) is 9.59 Å². The molecule has 0 atom stereocenters. The lowest BCUT2D eigenvalue weighted by Gasteiger charge is -2.06. The van der Waals surface area contributed by atoms with Crippen molar-refractivity contribution in [2.24, 2.45) is 5.10 Å². The van der Waals surface area contributed by atoms with E-state index in [1.165, 1.54) is 6.21 Å². The molecule has 6 nitrogen and oxygen atoms in total. The quantitative estimate of drug-likeness (QED) is 0.468. The first-order valence-electron chi connectivity index (χ1n) is 7.22. The summed E-state index contributed by atoms with van der Waals surface area (Å²) in [5.74, 6) is -1.01. The molecule has 0 aliphatic rings. The summed E-state index contributed by atoms with van der Waals surface area (Å²) in [5, 5.41) is 6.27. The minimum atomic E-state index is -0.861. The Balaban J connectivity index is 1.94. The molecule has 24 heavy (non-hydrogen) atoms. The molecule has 7 heteroatoms. The van der Waals surface area contributed by atoms with E-state index in [2.05, 4.69) is 31.8 Å². The van der Waals surface area contributed by atoms with Gasteiger partial charge in [0.1, 0.15) is 5.75 Å². The lowest BCUT2D eigenvalue weighted by molar-refractivity contribution is -0.136. The first kappa shape index (κ1) is 17.7. The van der Waals surface area contributed by atoms with Gasteiger partial charge in [0.15, 0.2) is 0 Å². The van der Waals surface area contributed by atoms with E-state index in [4.69, 9.17) is 4.74 Å². The second kappa shape index (κ2) is 8.83. The molecular weight excluding hydrogens is 374 g/mol. The van der Waals surface area contributed by atoms with Crippen LogP contribution in [0.5, 0.6) is 5.75 Å². The van der Waals surface area contributed by atoms with Crippen molar-refractivity contribution in [1.82, 2.24) is 5.43 Å². The lowest BCUT2D eigenvalue weighted by Crippen LogP contribution is -2.32. The second-order valence-corrected chi connectivity index (χ2v) is 5.55. The molecule has 2 rings (SSSR count). The molecule has 0 aliphatic carbocycles. The van der Waals surface area contributed by atoms with E-state index in [-0.39, 0.29) is 0 Å². The van der Waals surface area contributed by atoms with Crippen molar-refractivity contribution in [1.29, 1.82) is 0 Å². The zero-order valence-corrected chi connectivity index (χ0v) is 14.5. The number of rotatable bonds is 5. The lowest BCUT2D eigenvalue weighted by atomic mass is 10.2. The molecule has 0 aromatic heterocycles. The number of amides is 2. The predicted octanol–water partition coefficient (Wildman–Crippen LogP) is 2.94. The molecule has 2 amide bonds. The molecule has 0 saturated carbocycles. The van der Waals surface area contributed by atoms with Gasteiger partial charge in [0.25, 0.3) is 0 Å². The monoisotopic (exact) mass is 389 g/mol. The van der Waals surface area contributed by atoms with E-state index in [1.807, 2.05) is 25.1 Å². The van der Waals surface area contributed by atoms with Crippen LogP contribution in [0.15, 0.2) is 58.1 Å². The fourth-order valence-corrected chi connectivity index (χ4v) is 2.24. The van der Waals surface area contributed by atoms with E-state index in [0.717, 1.165) is 4.47 Å². The Labute approximate surface area is 148 Å². The molecule has 0 bridgehead atoms. The molecule has 2 N–H and O–H groups in total. The van der Waals surface area contributed by atoms with E-state index in [0.29, 0.717) is 23.6 Å². The van der Waals surface area contributed by atoms with Crippen LogP contribution in [0, 0.1) is 0 Å². The maximum absolute atomic E-state index is 11.8. The standard InChI is InChI=1S/C17H16BrN3O3/c1-2-24-15-9-4-3-6-12(15)11-19-21-17(23)16(22)20-14-8-5-7-13(18)10-14/h3-11H,2H2,1H3,(H,20,22)(H,21,23)/b19-11-. The van der Waals surface area contributed by atoms with Gasteiger partial charge in [0.2, 0.25) is 0 Å². The molecular formula is C17H16BrN3O3. The maximum Gasteiger partial charge on any atom is 0.329 e. The van der Waals surface area contributed by atoms with Gasteiger partial charge in [-0.2, -0.15) is 5.10 Å². The summed E-state index contributed by atoms with van der Waals surface area (Å²) in [7, 11) is 0. The molecule has 2 aromatic carbocycles. The molecule has 0 radical (unpaired) electrons. The predicted molar refractivity (Wildman–Crippen MR) is 96.1 cm³/mol. The zero-order valence-electron chi connectivity index (χ0n) is 13.0. The minimum absolute atomic E-state index is 0.509. The Morgan fingerprint density at radius 1 is 1.17 bits per heavy atom. The Morgan fingerprint density at radius 3 is 2.71 bits per heavy atom. The normalized spacial score (nSPS) is 10.4. The number of anilines is 1. The number of nitrogens with zero attached hydrogens (tertiary/aromatic N) is 1. The molecule has 0 heterocycles. The molecule has 124 valence electrons. The zero-order chi connectivity index (χ0) is 17.4. The van der Waals surface area contributed by atoms with Crippen molar-refractivity contribution >= 4 is 39.6 Å². The fourth-order valence-electron chi connectivity index (χ4n) is 1.84. The van der Waals surface area contributed by atoms with Crippen LogP contribution in [-0.4, -0.2) is 24.6 Å². The number of benzene rings is 2. The van der Waals surface area contributed by atoms with Crippen molar-refractivity contribution in [2.75, 3.05) is 11.9 Å². The van der Waals surface area contributed by atoms with E-state index in [9.17, 15) is 9.59 Å². The third-order valence-electron chi connectivity index (χ3n) is 2.88. The third kappa shape index (κ3) is 5.20. The number of hydrogen-bond donors (Lipinski definition) is 2. The number of carbonyl (C=O) groups excluding carboxylic acids is 2. The Kier molecular flexibility index (Phi) is 6.51. The van der Waals surface area contributed by atoms with Crippen LogP contribution in [0.3, 0.4) is 0 Å². The Hall–Kier alpha value is -2.67. The van der Waals surface area contributed by atoms with Gasteiger partial charge in [-0.1, -0.05) is 34.1 Å². The second-order valence-electron chi connectivity index (χ2n) is 4.63. The number of ether oxygens (including phenoxy) is 1. The van der Waals surface area contributed by atoms with Crippen LogP contribution >= 0.6 is 15.9 Å². The summed E-state index contributed by atoms with van der Waals surface area (Å²) in [5.41, 5.74) is 3.40. The number of nitrogens with one attached hydrogen (secondary N) is 2. The number of halogens is 1. The molecule has 0 saturated heterocycles. The number of carbonyl (C=O) groups is 2. The summed E-state index contributed by atoms with van der Waals surface area (Å²) in [6.45, 7) is 2.40. The highest BCUT2D eigenvalue weighted by Crippen LogP contribution is 2.16. The van der Waals surface area contributed by atoms with Gasteiger partial charge in [-0.05, 0) is 37.3 Å². The number of hydrazone groups is 1. The summed E-state index contributed by atoms with van der Waals surface area (Å²) >= 11 is 3.29. The van der Waals surface area contributed by atoms with Crippen LogP contribution in [0.1, 0.15) is 12.5 Å². The maximum atomic E-state index is 11.8. The van der Waals surface area contributed by atoms with Crippen molar-refractivity contribution < 1.29 is 14.3 Å². The number of hydrogen-bond acceptors (Lipinski definition) is 4. The first-order valence-corrected chi connectivity index (χ1v) is 8.01. The smallest absolute Gasteiger partial charge is 0.329 e. The van der Waals surface area contributed by atoms with Crippen LogP contribution < -0.4 is 15.5 Å². The van der Waals surface area contributed by atoms with Crippen molar-refractivity contribution in [3.8, 4) is 5.75 Å². The SMILES string of the molecule is CCOc1ccccc1/C=N\NC(=O)C(=O)Nc1cccc(Br)c1. The molecule has 0 fully saturated rings. The van der Waals surface area contributed by atoms with Crippen LogP contribution in [-0.2, 0) is 9.59 Å². The minimum Gasteiger partial charge on any atom is -0.493 e. The topological polar surface area (TPSA) is 79.8 Å². The summed E-state index contributed by atoms with van der Waals surface area (Å²) in [6, 6.07) is 14.2. The van der Waals surface area contributed by atoms with Gasteiger partial charge in [-0.15, -0.1) is 0 Å². The number of para-hydroxylation sites is 1. The third-order valence-corrected chi connectivity index (χ3v) is 3.37. The first-order chi connectivity index (χ1) is 11.6. The van der Waals surface area contributed by atoms with E-state index >= 15 is 0 Å². The van der Waals surface area contributed by atoms with Gasteiger partial charge >= 0.3 is 11.8 Å². The summed E-state index contributed by atoms with van der Waals surface area (Å²) in [4.78, 5) is 23.6. The summed E-state index contributed by atoms with van der Waals surface area (Å²) in [6.07, 6.45) is 1.43. The largest absolute Gasteiger partial charge is 0.493 e. The molecule has 2 aromatic rings. The highest BCUT2D eigenvalue weighted by molar-refractivity contribution is 9.10. The molecule has 0 aliphatic heterocycles. The van der Waals surface area contributed by atoms with Gasteiger partial charge in [0.05, 0.1) is 12.8 Å². The highest BCUT2D eigenvalue weighted by Gasteiger charge is 2.12. The van der Waals surface area contributed by atoms with E-state index < -0.39 is 11.8 Å². The average Bonchev–Trinajstić information content (AvgIpc) is 2.56. The van der Waals surface area contributed by atoms with Gasteiger partial charge < -0.3 is 10.1 Å². The van der Waals surface area contributed by atoms with Gasteiger partial charge in [-0.25, -0.2) is 5.43 Å². The Morgan fingerprint density at radius 2 is 1.96 bits per heavy atom. The highest BCUT2D eigenvalue weighted by atomic mass is 79.9. The van der Waals surface area contributed by atoms with Gasteiger partial charge in [0, 0.05) is 15.7 Å².